The van der Waals surface area contributed by atoms with Crippen molar-refractivity contribution in [1.29, 1.82) is 0 Å². The van der Waals surface area contributed by atoms with Gasteiger partial charge in [0.1, 0.15) is 0 Å². The SMILES string of the molecule is CC(=O)Nc1ncc(CN2CCC(C#Cc3ccc4c(c3)CCNC4=O)CC2)s1. The summed E-state index contributed by atoms with van der Waals surface area (Å²) in [6, 6.07) is 5.90. The molecule has 0 atom stereocenters. The lowest BCUT2D eigenvalue weighted by molar-refractivity contribution is -0.114. The number of aromatic nitrogens is 1. The Bertz CT molecular complexity index is 980. The highest BCUT2D eigenvalue weighted by Gasteiger charge is 2.19. The van der Waals surface area contributed by atoms with Gasteiger partial charge in [-0.2, -0.15) is 0 Å². The molecular weight excluding hydrogens is 384 g/mol. The molecule has 7 heteroatoms. The summed E-state index contributed by atoms with van der Waals surface area (Å²) < 4.78 is 0. The first-order chi connectivity index (χ1) is 14.1. The number of hydrogen-bond acceptors (Lipinski definition) is 5. The van der Waals surface area contributed by atoms with Crippen LogP contribution in [0.15, 0.2) is 24.4 Å². The molecule has 3 heterocycles. The summed E-state index contributed by atoms with van der Waals surface area (Å²) in [5, 5.41) is 6.27. The second-order valence-corrected chi connectivity index (χ2v) is 8.63. The molecule has 0 saturated carbocycles. The number of nitrogens with one attached hydrogen (secondary N) is 2. The molecule has 1 aromatic carbocycles. The third-order valence-corrected chi connectivity index (χ3v) is 6.15. The average molecular weight is 409 g/mol. The molecule has 1 fully saturated rings. The van der Waals surface area contributed by atoms with Crippen molar-refractivity contribution in [3.8, 4) is 11.8 Å². The Morgan fingerprint density at radius 2 is 2.21 bits per heavy atom. The minimum absolute atomic E-state index is 0.0169. The standard InChI is InChI=1S/C22H24N4O2S/c1-15(27)25-22-24-13-19(29-22)14-26-10-7-16(8-11-26)2-3-17-4-5-20-18(12-17)6-9-23-21(20)28/h4-5,12-13,16H,6-11,14H2,1H3,(H,23,28)(H,24,25,27). The van der Waals surface area contributed by atoms with Crippen LogP contribution >= 0.6 is 11.3 Å². The Kier molecular flexibility index (Phi) is 5.93. The van der Waals surface area contributed by atoms with Crippen LogP contribution in [-0.2, 0) is 17.8 Å². The first-order valence-corrected chi connectivity index (χ1v) is 10.8. The van der Waals surface area contributed by atoms with E-state index in [0.717, 1.165) is 60.5 Å². The van der Waals surface area contributed by atoms with Gasteiger partial charge in [0, 0.05) is 48.1 Å². The van der Waals surface area contributed by atoms with Crippen molar-refractivity contribution >= 4 is 28.3 Å². The Hall–Kier alpha value is -2.69. The summed E-state index contributed by atoms with van der Waals surface area (Å²) in [6.07, 6.45) is 4.82. The van der Waals surface area contributed by atoms with Crippen molar-refractivity contribution in [1.82, 2.24) is 15.2 Å². The lowest BCUT2D eigenvalue weighted by Gasteiger charge is -2.29. The maximum atomic E-state index is 11.8. The summed E-state index contributed by atoms with van der Waals surface area (Å²) in [6.45, 7) is 5.08. The maximum absolute atomic E-state index is 11.8. The van der Waals surface area contributed by atoms with Crippen LogP contribution in [0.2, 0.25) is 0 Å². The molecule has 0 unspecified atom stereocenters. The van der Waals surface area contributed by atoms with Gasteiger partial charge in [-0.3, -0.25) is 14.5 Å². The van der Waals surface area contributed by atoms with E-state index >= 15 is 0 Å². The molecule has 1 saturated heterocycles. The molecule has 2 aliphatic heterocycles. The number of nitrogens with zero attached hydrogens (tertiary/aromatic N) is 2. The monoisotopic (exact) mass is 408 g/mol. The molecule has 0 aliphatic carbocycles. The summed E-state index contributed by atoms with van der Waals surface area (Å²) >= 11 is 1.53. The van der Waals surface area contributed by atoms with Gasteiger partial charge in [0.2, 0.25) is 5.91 Å². The van der Waals surface area contributed by atoms with Crippen LogP contribution in [0, 0.1) is 17.8 Å². The largest absolute Gasteiger partial charge is 0.352 e. The number of rotatable bonds is 3. The number of hydrogen-bond donors (Lipinski definition) is 2. The van der Waals surface area contributed by atoms with Gasteiger partial charge < -0.3 is 10.6 Å². The number of thiazole rings is 1. The van der Waals surface area contributed by atoms with Gasteiger partial charge in [0.05, 0.1) is 0 Å². The molecule has 1 aromatic heterocycles. The van der Waals surface area contributed by atoms with Gasteiger partial charge in [-0.25, -0.2) is 4.98 Å². The van der Waals surface area contributed by atoms with E-state index in [1.165, 1.54) is 18.3 Å². The van der Waals surface area contributed by atoms with Gasteiger partial charge >= 0.3 is 0 Å². The van der Waals surface area contributed by atoms with E-state index in [1.54, 1.807) is 0 Å². The van der Waals surface area contributed by atoms with Gasteiger partial charge in [-0.1, -0.05) is 11.8 Å². The van der Waals surface area contributed by atoms with E-state index in [2.05, 4.69) is 38.4 Å². The number of fused-ring (bicyclic) bond motifs is 1. The zero-order valence-corrected chi connectivity index (χ0v) is 17.3. The molecule has 6 nitrogen and oxygen atoms in total. The molecule has 2 aromatic rings. The third kappa shape index (κ3) is 5.03. The topological polar surface area (TPSA) is 74.3 Å². The van der Waals surface area contributed by atoms with Crippen molar-refractivity contribution < 1.29 is 9.59 Å². The number of carbonyl (C=O) groups is 2. The van der Waals surface area contributed by atoms with Crippen LogP contribution in [0.5, 0.6) is 0 Å². The average Bonchev–Trinajstić information content (AvgIpc) is 3.13. The van der Waals surface area contributed by atoms with Gasteiger partial charge in [0.25, 0.3) is 5.91 Å². The molecule has 2 N–H and O–H groups in total. The fourth-order valence-electron chi connectivity index (χ4n) is 3.74. The van der Waals surface area contributed by atoms with Crippen molar-refractivity contribution in [2.45, 2.75) is 32.7 Å². The highest BCUT2D eigenvalue weighted by atomic mass is 32.1. The quantitative estimate of drug-likeness (QED) is 0.766. The number of amides is 2. The maximum Gasteiger partial charge on any atom is 0.251 e. The third-order valence-electron chi connectivity index (χ3n) is 5.25. The minimum atomic E-state index is -0.0903. The summed E-state index contributed by atoms with van der Waals surface area (Å²) in [5.41, 5.74) is 2.87. The Balaban J connectivity index is 1.30. The van der Waals surface area contributed by atoms with Crippen molar-refractivity contribution in [2.75, 3.05) is 25.0 Å². The smallest absolute Gasteiger partial charge is 0.251 e. The van der Waals surface area contributed by atoms with Crippen molar-refractivity contribution in [3.63, 3.8) is 0 Å². The zero-order valence-electron chi connectivity index (χ0n) is 16.5. The number of likely N-dealkylation sites (tertiary alicyclic amines) is 1. The van der Waals surface area contributed by atoms with Crippen LogP contribution in [0.1, 0.15) is 46.1 Å². The van der Waals surface area contributed by atoms with Crippen LogP contribution in [0.3, 0.4) is 0 Å². The zero-order chi connectivity index (χ0) is 20.2. The fourth-order valence-corrected chi connectivity index (χ4v) is 4.64. The first kappa shape index (κ1) is 19.6. The molecule has 2 amide bonds. The Morgan fingerprint density at radius 3 is 3.00 bits per heavy atom. The lowest BCUT2D eigenvalue weighted by Crippen LogP contribution is -2.32. The van der Waals surface area contributed by atoms with Crippen LogP contribution in [-0.4, -0.2) is 41.3 Å². The van der Waals surface area contributed by atoms with E-state index in [-0.39, 0.29) is 11.8 Å². The normalized spacial score (nSPS) is 17.1. The van der Waals surface area contributed by atoms with Crippen molar-refractivity contribution in [2.24, 2.45) is 5.92 Å². The second-order valence-electron chi connectivity index (χ2n) is 7.51. The fraction of sp³-hybridized carbons (Fsp3) is 0.409. The molecule has 0 bridgehead atoms. The van der Waals surface area contributed by atoms with Crippen LogP contribution in [0.25, 0.3) is 0 Å². The molecule has 150 valence electrons. The molecular formula is C22H24N4O2S. The van der Waals surface area contributed by atoms with Gasteiger partial charge in [-0.15, -0.1) is 11.3 Å². The molecule has 29 heavy (non-hydrogen) atoms. The molecule has 0 spiro atoms. The number of carbonyl (C=O) groups excluding carboxylic acids is 2. The minimum Gasteiger partial charge on any atom is -0.352 e. The van der Waals surface area contributed by atoms with E-state index in [9.17, 15) is 9.59 Å². The first-order valence-electron chi connectivity index (χ1n) is 9.94. The number of piperidine rings is 1. The van der Waals surface area contributed by atoms with Crippen LogP contribution < -0.4 is 10.6 Å². The van der Waals surface area contributed by atoms with E-state index in [4.69, 9.17) is 0 Å². The number of benzene rings is 1. The molecule has 0 radical (unpaired) electrons. The predicted octanol–water partition coefficient (Wildman–Crippen LogP) is 2.65. The number of anilines is 1. The second kappa shape index (κ2) is 8.76. The van der Waals surface area contributed by atoms with Gasteiger partial charge in [-0.05, 0) is 56.1 Å². The Labute approximate surface area is 174 Å². The van der Waals surface area contributed by atoms with Crippen molar-refractivity contribution in [3.05, 3.63) is 46.0 Å². The Morgan fingerprint density at radius 1 is 1.38 bits per heavy atom. The van der Waals surface area contributed by atoms with Crippen LogP contribution in [0.4, 0.5) is 5.13 Å². The molecule has 4 rings (SSSR count). The summed E-state index contributed by atoms with van der Waals surface area (Å²) in [5.74, 6) is 7.08. The molecule has 2 aliphatic rings. The van der Waals surface area contributed by atoms with E-state index < -0.39 is 0 Å². The highest BCUT2D eigenvalue weighted by Crippen LogP contribution is 2.23. The predicted molar refractivity (Wildman–Crippen MR) is 114 cm³/mol. The van der Waals surface area contributed by atoms with E-state index in [0.29, 0.717) is 17.6 Å². The summed E-state index contributed by atoms with van der Waals surface area (Å²) in [7, 11) is 0. The highest BCUT2D eigenvalue weighted by molar-refractivity contribution is 7.15. The summed E-state index contributed by atoms with van der Waals surface area (Å²) in [4.78, 5) is 30.8. The lowest BCUT2D eigenvalue weighted by atomic mass is 9.95. The van der Waals surface area contributed by atoms with E-state index in [1.807, 2.05) is 18.3 Å². The van der Waals surface area contributed by atoms with Gasteiger partial charge in [0.15, 0.2) is 5.13 Å².